The van der Waals surface area contributed by atoms with Gasteiger partial charge in [-0.3, -0.25) is 9.69 Å². The van der Waals surface area contributed by atoms with Gasteiger partial charge in [-0.25, -0.2) is 4.99 Å². The van der Waals surface area contributed by atoms with Crippen molar-refractivity contribution in [1.29, 1.82) is 5.26 Å². The summed E-state index contributed by atoms with van der Waals surface area (Å²) in [6.45, 7) is 4.90. The zero-order valence-corrected chi connectivity index (χ0v) is 21.9. The maximum Gasteiger partial charge on any atom is 0.266 e. The van der Waals surface area contributed by atoms with E-state index in [1.807, 2.05) is 67.6 Å². The van der Waals surface area contributed by atoms with E-state index in [0.29, 0.717) is 34.5 Å². The van der Waals surface area contributed by atoms with Crippen molar-refractivity contribution in [2.75, 3.05) is 6.54 Å². The van der Waals surface area contributed by atoms with E-state index in [1.54, 1.807) is 11.0 Å². The smallest absolute Gasteiger partial charge is 0.266 e. The molecule has 5 nitrogen and oxygen atoms in total. The van der Waals surface area contributed by atoms with Gasteiger partial charge < -0.3 is 4.74 Å². The summed E-state index contributed by atoms with van der Waals surface area (Å²) < 4.78 is 6.71. The number of thioether (sulfide) groups is 1. The first kappa shape index (κ1) is 24.8. The van der Waals surface area contributed by atoms with Crippen LogP contribution in [-0.4, -0.2) is 22.5 Å². The second-order valence-corrected chi connectivity index (χ2v) is 9.65. The summed E-state index contributed by atoms with van der Waals surface area (Å²) in [5, 5.41) is 9.96. The molecule has 7 heteroatoms. The number of halogens is 1. The van der Waals surface area contributed by atoms with E-state index in [2.05, 4.69) is 35.0 Å². The zero-order valence-electron chi connectivity index (χ0n) is 19.5. The molecule has 0 atom stereocenters. The number of rotatable bonds is 7. The third-order valence-electron chi connectivity index (χ3n) is 5.57. The Hall–Kier alpha value is -3.34. The van der Waals surface area contributed by atoms with Crippen LogP contribution >= 0.6 is 27.7 Å². The fraction of sp³-hybridized carbons (Fsp3) is 0.179. The molecule has 35 heavy (non-hydrogen) atoms. The second kappa shape index (κ2) is 11.4. The van der Waals surface area contributed by atoms with Crippen LogP contribution in [0, 0.1) is 11.3 Å². The van der Waals surface area contributed by atoms with Crippen LogP contribution in [0.4, 0.5) is 5.69 Å². The molecule has 1 saturated heterocycles. The van der Waals surface area contributed by atoms with Crippen molar-refractivity contribution in [3.63, 3.8) is 0 Å². The Morgan fingerprint density at radius 1 is 1.09 bits per heavy atom. The van der Waals surface area contributed by atoms with Crippen molar-refractivity contribution in [3.8, 4) is 11.8 Å². The van der Waals surface area contributed by atoms with Crippen LogP contribution in [0.1, 0.15) is 36.1 Å². The van der Waals surface area contributed by atoms with Gasteiger partial charge >= 0.3 is 0 Å². The molecule has 1 aliphatic rings. The molecule has 1 aliphatic heterocycles. The molecule has 3 aromatic rings. The van der Waals surface area contributed by atoms with Crippen LogP contribution in [0.25, 0.3) is 6.08 Å². The fourth-order valence-electron chi connectivity index (χ4n) is 3.68. The Bertz CT molecular complexity index is 1360. The lowest BCUT2D eigenvalue weighted by atomic mass is 10.1. The van der Waals surface area contributed by atoms with Crippen molar-refractivity contribution in [3.05, 3.63) is 98.4 Å². The number of carbonyl (C=O) groups excluding carboxylic acids is 1. The highest BCUT2D eigenvalue weighted by Gasteiger charge is 2.32. The summed E-state index contributed by atoms with van der Waals surface area (Å²) in [7, 11) is 0. The first-order valence-corrected chi connectivity index (χ1v) is 12.9. The number of aliphatic imine (C=N–C) groups is 1. The van der Waals surface area contributed by atoms with Gasteiger partial charge in [0.05, 0.1) is 26.7 Å². The number of nitriles is 1. The van der Waals surface area contributed by atoms with Gasteiger partial charge in [0.25, 0.3) is 5.91 Å². The molecule has 1 fully saturated rings. The average molecular weight is 546 g/mol. The Morgan fingerprint density at radius 2 is 1.83 bits per heavy atom. The lowest BCUT2D eigenvalue weighted by molar-refractivity contribution is -0.122. The molecule has 0 unspecified atom stereocenters. The normalized spacial score (nSPS) is 15.6. The fourth-order valence-corrected chi connectivity index (χ4v) is 5.24. The summed E-state index contributed by atoms with van der Waals surface area (Å²) >= 11 is 4.97. The summed E-state index contributed by atoms with van der Waals surface area (Å²) in [6, 6.07) is 23.3. The second-order valence-electron chi connectivity index (χ2n) is 7.78. The van der Waals surface area contributed by atoms with Gasteiger partial charge in [-0.05, 0) is 82.5 Å². The highest BCUT2D eigenvalue weighted by Crippen LogP contribution is 2.36. The van der Waals surface area contributed by atoms with E-state index in [4.69, 9.17) is 9.73 Å². The summed E-state index contributed by atoms with van der Waals surface area (Å²) in [6.07, 6.45) is 2.76. The number of benzene rings is 3. The molecular formula is C28H24BrN3O2S. The number of ether oxygens (including phenoxy) is 1. The average Bonchev–Trinajstić information content (AvgIpc) is 3.17. The van der Waals surface area contributed by atoms with E-state index in [0.717, 1.165) is 33.3 Å². The van der Waals surface area contributed by atoms with Crippen molar-refractivity contribution >= 4 is 50.5 Å². The summed E-state index contributed by atoms with van der Waals surface area (Å²) in [4.78, 5) is 20.2. The molecule has 4 rings (SSSR count). The SMILES string of the molecule is CCc1ccccc1N=C1S/C(=C/c2ccc(OCc3ccccc3C#N)c(Br)c2)C(=O)N1CC. The number of likely N-dealkylation sites (N-methyl/N-ethyl adjacent to an activating group) is 1. The molecule has 1 heterocycles. The molecule has 176 valence electrons. The van der Waals surface area contributed by atoms with Gasteiger partial charge in [-0.2, -0.15) is 5.26 Å². The molecule has 0 bridgehead atoms. The van der Waals surface area contributed by atoms with Crippen molar-refractivity contribution in [1.82, 2.24) is 4.90 Å². The van der Waals surface area contributed by atoms with Crippen LogP contribution in [0.15, 0.2) is 81.1 Å². The monoisotopic (exact) mass is 545 g/mol. The lowest BCUT2D eigenvalue weighted by Gasteiger charge is -2.13. The predicted octanol–water partition coefficient (Wildman–Crippen LogP) is 7.09. The molecule has 0 spiro atoms. The Labute approximate surface area is 218 Å². The van der Waals surface area contributed by atoms with Gasteiger partial charge in [0.1, 0.15) is 12.4 Å². The number of hydrogen-bond acceptors (Lipinski definition) is 5. The molecule has 0 aromatic heterocycles. The van der Waals surface area contributed by atoms with Crippen LogP contribution < -0.4 is 4.74 Å². The quantitative estimate of drug-likeness (QED) is 0.297. The van der Waals surface area contributed by atoms with Crippen LogP contribution in [0.5, 0.6) is 5.75 Å². The molecule has 1 amide bonds. The van der Waals surface area contributed by atoms with Crippen LogP contribution in [0.2, 0.25) is 0 Å². The molecule has 0 radical (unpaired) electrons. The maximum absolute atomic E-state index is 13.1. The molecule has 0 aliphatic carbocycles. The Balaban J connectivity index is 1.54. The minimum atomic E-state index is -0.0465. The van der Waals surface area contributed by atoms with Crippen LogP contribution in [0.3, 0.4) is 0 Å². The van der Waals surface area contributed by atoms with Crippen molar-refractivity contribution in [2.24, 2.45) is 4.99 Å². The zero-order chi connectivity index (χ0) is 24.8. The van der Waals surface area contributed by atoms with Crippen LogP contribution in [-0.2, 0) is 17.8 Å². The van der Waals surface area contributed by atoms with Gasteiger partial charge in [-0.1, -0.05) is 49.4 Å². The maximum atomic E-state index is 13.1. The minimum Gasteiger partial charge on any atom is -0.488 e. The van der Waals surface area contributed by atoms with Gasteiger partial charge in [-0.15, -0.1) is 0 Å². The van der Waals surface area contributed by atoms with E-state index in [1.165, 1.54) is 11.8 Å². The highest BCUT2D eigenvalue weighted by atomic mass is 79.9. The highest BCUT2D eigenvalue weighted by molar-refractivity contribution is 9.10. The number of carbonyl (C=O) groups is 1. The third-order valence-corrected chi connectivity index (χ3v) is 7.19. The standard InChI is InChI=1S/C28H24BrN3O2S/c1-3-20-9-7-8-12-24(20)31-28-32(4-2)27(33)26(35-28)16-19-13-14-25(23(29)15-19)34-18-22-11-6-5-10-21(22)17-30/h5-16H,3-4,18H2,1-2H3/b26-16+,31-28?. The Morgan fingerprint density at radius 3 is 2.54 bits per heavy atom. The van der Waals surface area contributed by atoms with Crippen molar-refractivity contribution < 1.29 is 9.53 Å². The topological polar surface area (TPSA) is 65.7 Å². The summed E-state index contributed by atoms with van der Waals surface area (Å²) in [5.74, 6) is 0.619. The van der Waals surface area contributed by atoms with E-state index >= 15 is 0 Å². The van der Waals surface area contributed by atoms with Gasteiger partial charge in [0.15, 0.2) is 5.17 Å². The molecular weight excluding hydrogens is 522 g/mol. The number of hydrogen-bond donors (Lipinski definition) is 0. The lowest BCUT2D eigenvalue weighted by Crippen LogP contribution is -2.28. The van der Waals surface area contributed by atoms with Crippen molar-refractivity contribution in [2.45, 2.75) is 26.9 Å². The number of nitrogens with zero attached hydrogens (tertiary/aromatic N) is 3. The molecule has 0 N–H and O–H groups in total. The predicted molar refractivity (Wildman–Crippen MR) is 146 cm³/mol. The number of amides is 1. The first-order valence-electron chi connectivity index (χ1n) is 11.3. The minimum absolute atomic E-state index is 0.0465. The summed E-state index contributed by atoms with van der Waals surface area (Å²) in [5.41, 5.74) is 4.35. The first-order chi connectivity index (χ1) is 17.0. The molecule has 0 saturated carbocycles. The van der Waals surface area contributed by atoms with Gasteiger partial charge in [0.2, 0.25) is 0 Å². The largest absolute Gasteiger partial charge is 0.488 e. The van der Waals surface area contributed by atoms with E-state index in [9.17, 15) is 10.1 Å². The molecule has 3 aromatic carbocycles. The van der Waals surface area contributed by atoms with E-state index < -0.39 is 0 Å². The number of aryl methyl sites for hydroxylation is 1. The Kier molecular flexibility index (Phi) is 8.06. The van der Waals surface area contributed by atoms with E-state index in [-0.39, 0.29) is 5.91 Å². The number of para-hydroxylation sites is 1. The number of amidine groups is 1. The third kappa shape index (κ3) is 5.67. The van der Waals surface area contributed by atoms with Gasteiger partial charge in [0, 0.05) is 12.1 Å².